The van der Waals surface area contributed by atoms with Gasteiger partial charge in [0, 0.05) is 28.4 Å². The number of rotatable bonds is 9. The zero-order valence-electron chi connectivity index (χ0n) is 17.1. The first-order chi connectivity index (χ1) is 13.5. The van der Waals surface area contributed by atoms with Gasteiger partial charge in [-0.05, 0) is 39.1 Å². The standard InChI is InChI=1S/C20H29ClN4O2S/c1-5-7-8-25-19(17(6-2)24(3)4)22-23-20(25)28-12-15-10-16(21)9-14-11-26-13-27-18(14)15/h9-10,17H,5-8,11-13H2,1-4H3. The zero-order chi connectivity index (χ0) is 20.1. The van der Waals surface area contributed by atoms with E-state index in [4.69, 9.17) is 21.1 Å². The molecule has 1 aliphatic rings. The van der Waals surface area contributed by atoms with E-state index in [1.165, 1.54) is 0 Å². The maximum atomic E-state index is 6.30. The summed E-state index contributed by atoms with van der Waals surface area (Å²) in [6, 6.07) is 4.15. The third-order valence-electron chi connectivity index (χ3n) is 4.90. The average Bonchev–Trinajstić information content (AvgIpc) is 3.07. The second-order valence-electron chi connectivity index (χ2n) is 7.19. The highest BCUT2D eigenvalue weighted by Crippen LogP contribution is 2.36. The van der Waals surface area contributed by atoms with Gasteiger partial charge in [0.2, 0.25) is 0 Å². The van der Waals surface area contributed by atoms with Crippen molar-refractivity contribution >= 4 is 23.4 Å². The van der Waals surface area contributed by atoms with E-state index < -0.39 is 0 Å². The molecule has 2 heterocycles. The van der Waals surface area contributed by atoms with Crippen LogP contribution in [0.5, 0.6) is 5.75 Å². The first-order valence-corrected chi connectivity index (χ1v) is 11.2. The largest absolute Gasteiger partial charge is 0.467 e. The van der Waals surface area contributed by atoms with E-state index in [9.17, 15) is 0 Å². The fraction of sp³-hybridized carbons (Fsp3) is 0.600. The number of nitrogens with zero attached hydrogens (tertiary/aromatic N) is 4. The van der Waals surface area contributed by atoms with Crippen LogP contribution in [0.1, 0.15) is 56.1 Å². The maximum absolute atomic E-state index is 6.30. The van der Waals surface area contributed by atoms with Gasteiger partial charge in [-0.3, -0.25) is 4.90 Å². The Labute approximate surface area is 176 Å². The molecule has 0 radical (unpaired) electrons. The van der Waals surface area contributed by atoms with Gasteiger partial charge in [-0.1, -0.05) is 43.6 Å². The number of halogens is 1. The highest BCUT2D eigenvalue weighted by Gasteiger charge is 2.23. The lowest BCUT2D eigenvalue weighted by molar-refractivity contribution is -0.0168. The van der Waals surface area contributed by atoms with Gasteiger partial charge in [-0.25, -0.2) is 0 Å². The molecule has 1 atom stereocenters. The maximum Gasteiger partial charge on any atom is 0.191 e. The highest BCUT2D eigenvalue weighted by atomic mass is 35.5. The van der Waals surface area contributed by atoms with Gasteiger partial charge in [0.1, 0.15) is 5.75 Å². The third kappa shape index (κ3) is 4.82. The number of thioether (sulfide) groups is 1. The van der Waals surface area contributed by atoms with Crippen molar-refractivity contribution in [1.29, 1.82) is 0 Å². The molecule has 1 unspecified atom stereocenters. The van der Waals surface area contributed by atoms with Crippen LogP contribution in [0.3, 0.4) is 0 Å². The molecule has 28 heavy (non-hydrogen) atoms. The van der Waals surface area contributed by atoms with E-state index in [0.29, 0.717) is 11.6 Å². The molecule has 0 fully saturated rings. The molecule has 0 amide bonds. The van der Waals surface area contributed by atoms with Crippen LogP contribution >= 0.6 is 23.4 Å². The van der Waals surface area contributed by atoms with Gasteiger partial charge in [0.25, 0.3) is 0 Å². The van der Waals surface area contributed by atoms with Crippen molar-refractivity contribution in [3.05, 3.63) is 34.1 Å². The van der Waals surface area contributed by atoms with Crippen molar-refractivity contribution in [2.75, 3.05) is 20.9 Å². The molecule has 6 nitrogen and oxygen atoms in total. The summed E-state index contributed by atoms with van der Waals surface area (Å²) >= 11 is 7.99. The van der Waals surface area contributed by atoms with Gasteiger partial charge in [-0.2, -0.15) is 0 Å². The summed E-state index contributed by atoms with van der Waals surface area (Å²) in [6.07, 6.45) is 3.24. The summed E-state index contributed by atoms with van der Waals surface area (Å²) in [6.45, 7) is 6.14. The van der Waals surface area contributed by atoms with Crippen molar-refractivity contribution in [2.24, 2.45) is 0 Å². The Balaban J connectivity index is 1.84. The normalized spacial score (nSPS) is 14.8. The summed E-state index contributed by atoms with van der Waals surface area (Å²) in [7, 11) is 4.19. The molecule has 0 saturated heterocycles. The van der Waals surface area contributed by atoms with Crippen LogP contribution in [-0.4, -0.2) is 40.6 Å². The van der Waals surface area contributed by atoms with E-state index in [-0.39, 0.29) is 12.8 Å². The van der Waals surface area contributed by atoms with Crippen LogP contribution in [0.2, 0.25) is 5.02 Å². The molecule has 154 valence electrons. The predicted molar refractivity (Wildman–Crippen MR) is 113 cm³/mol. The molecular formula is C20H29ClN4O2S. The van der Waals surface area contributed by atoms with Crippen molar-refractivity contribution < 1.29 is 9.47 Å². The Morgan fingerprint density at radius 3 is 2.82 bits per heavy atom. The van der Waals surface area contributed by atoms with Gasteiger partial charge >= 0.3 is 0 Å². The van der Waals surface area contributed by atoms with Crippen molar-refractivity contribution in [2.45, 2.75) is 63.2 Å². The molecule has 0 spiro atoms. The lowest BCUT2D eigenvalue weighted by Gasteiger charge is -2.23. The van der Waals surface area contributed by atoms with E-state index >= 15 is 0 Å². The highest BCUT2D eigenvalue weighted by molar-refractivity contribution is 7.98. The monoisotopic (exact) mass is 424 g/mol. The fourth-order valence-corrected chi connectivity index (χ4v) is 4.67. The molecular weight excluding hydrogens is 396 g/mol. The van der Waals surface area contributed by atoms with Gasteiger partial charge in [0.15, 0.2) is 17.8 Å². The molecule has 1 aromatic heterocycles. The molecule has 3 rings (SSSR count). The van der Waals surface area contributed by atoms with Crippen LogP contribution in [0, 0.1) is 0 Å². The summed E-state index contributed by atoms with van der Waals surface area (Å²) in [5.41, 5.74) is 2.07. The van der Waals surface area contributed by atoms with Crippen LogP contribution in [-0.2, 0) is 23.6 Å². The van der Waals surface area contributed by atoms with Crippen molar-refractivity contribution in [3.8, 4) is 5.75 Å². The number of ether oxygens (including phenoxy) is 2. The van der Waals surface area contributed by atoms with E-state index in [2.05, 4.69) is 47.6 Å². The molecule has 0 aliphatic carbocycles. The Morgan fingerprint density at radius 2 is 2.11 bits per heavy atom. The second-order valence-corrected chi connectivity index (χ2v) is 8.57. The van der Waals surface area contributed by atoms with Gasteiger partial charge in [-0.15, -0.1) is 10.2 Å². The number of fused-ring (bicyclic) bond motifs is 1. The number of aromatic nitrogens is 3. The van der Waals surface area contributed by atoms with Crippen LogP contribution in [0.4, 0.5) is 0 Å². The lowest BCUT2D eigenvalue weighted by Crippen LogP contribution is -2.23. The summed E-state index contributed by atoms with van der Waals surface area (Å²) in [5.74, 6) is 2.66. The minimum absolute atomic E-state index is 0.262. The van der Waals surface area contributed by atoms with Crippen LogP contribution in [0.15, 0.2) is 17.3 Å². The van der Waals surface area contributed by atoms with E-state index in [0.717, 1.165) is 59.4 Å². The second kappa shape index (κ2) is 9.96. The molecule has 2 aromatic rings. The number of hydrogen-bond acceptors (Lipinski definition) is 6. The Bertz CT molecular complexity index is 797. The first kappa shape index (κ1) is 21.4. The van der Waals surface area contributed by atoms with Crippen molar-refractivity contribution in [3.63, 3.8) is 0 Å². The minimum Gasteiger partial charge on any atom is -0.467 e. The molecule has 1 aromatic carbocycles. The Hall–Kier alpha value is -1.28. The molecule has 0 bridgehead atoms. The fourth-order valence-electron chi connectivity index (χ4n) is 3.46. The molecule has 8 heteroatoms. The average molecular weight is 425 g/mol. The third-order valence-corrected chi connectivity index (χ3v) is 6.13. The zero-order valence-corrected chi connectivity index (χ0v) is 18.6. The number of benzene rings is 1. The topological polar surface area (TPSA) is 52.4 Å². The first-order valence-electron chi connectivity index (χ1n) is 9.79. The quantitative estimate of drug-likeness (QED) is 0.533. The number of unbranched alkanes of at least 4 members (excludes halogenated alkanes) is 1. The van der Waals surface area contributed by atoms with Crippen LogP contribution < -0.4 is 4.74 Å². The molecule has 0 saturated carbocycles. The van der Waals surface area contributed by atoms with Gasteiger partial charge < -0.3 is 14.0 Å². The SMILES string of the molecule is CCCCn1c(SCc2cc(Cl)cc3c2OCOC3)nnc1C(CC)N(C)C. The smallest absolute Gasteiger partial charge is 0.191 e. The van der Waals surface area contributed by atoms with E-state index in [1.807, 2.05) is 12.1 Å². The van der Waals surface area contributed by atoms with Gasteiger partial charge in [0.05, 0.1) is 12.6 Å². The molecule has 1 aliphatic heterocycles. The summed E-state index contributed by atoms with van der Waals surface area (Å²) in [4.78, 5) is 2.21. The Kier molecular flexibility index (Phi) is 7.62. The summed E-state index contributed by atoms with van der Waals surface area (Å²) in [5, 5.41) is 10.7. The molecule has 0 N–H and O–H groups in total. The minimum atomic E-state index is 0.262. The number of hydrogen-bond donors (Lipinski definition) is 0. The summed E-state index contributed by atoms with van der Waals surface area (Å²) < 4.78 is 13.4. The lowest BCUT2D eigenvalue weighted by atomic mass is 10.1. The predicted octanol–water partition coefficient (Wildman–Crippen LogP) is 4.90. The van der Waals surface area contributed by atoms with Crippen LogP contribution in [0.25, 0.3) is 0 Å². The van der Waals surface area contributed by atoms with Crippen molar-refractivity contribution in [1.82, 2.24) is 19.7 Å². The Morgan fingerprint density at radius 1 is 1.29 bits per heavy atom. The van der Waals surface area contributed by atoms with E-state index in [1.54, 1.807) is 11.8 Å².